The number of rotatable bonds is 3. The fourth-order valence-electron chi connectivity index (χ4n) is 3.53. The molecule has 2 aliphatic rings. The fourth-order valence-corrected chi connectivity index (χ4v) is 3.53. The van der Waals surface area contributed by atoms with Gasteiger partial charge in [-0.25, -0.2) is 14.8 Å². The summed E-state index contributed by atoms with van der Waals surface area (Å²) >= 11 is 0. The van der Waals surface area contributed by atoms with Crippen LogP contribution < -0.4 is 4.74 Å². The second kappa shape index (κ2) is 7.19. The molecule has 26 heavy (non-hydrogen) atoms. The van der Waals surface area contributed by atoms with Crippen molar-refractivity contribution in [3.8, 4) is 6.01 Å². The molecule has 0 radical (unpaired) electrons. The van der Waals surface area contributed by atoms with Crippen molar-refractivity contribution in [1.29, 1.82) is 0 Å². The number of Topliss-reactive ketones (excluding diaryl/α,β-unsaturated/α-hetero) is 1. The van der Waals surface area contributed by atoms with Gasteiger partial charge in [0.25, 0.3) is 0 Å². The highest BCUT2D eigenvalue weighted by Crippen LogP contribution is 2.34. The highest BCUT2D eigenvalue weighted by atomic mass is 16.6. The van der Waals surface area contributed by atoms with E-state index in [1.165, 1.54) is 19.5 Å². The quantitative estimate of drug-likeness (QED) is 0.759. The van der Waals surface area contributed by atoms with Crippen molar-refractivity contribution in [1.82, 2.24) is 14.9 Å². The van der Waals surface area contributed by atoms with Crippen LogP contribution in [0.25, 0.3) is 0 Å². The second-order valence-electron chi connectivity index (χ2n) is 7.72. The number of hydrogen-bond acceptors (Lipinski definition) is 7. The van der Waals surface area contributed by atoms with Crippen LogP contribution in [0.2, 0.25) is 0 Å². The van der Waals surface area contributed by atoms with Crippen LogP contribution in [0.1, 0.15) is 44.0 Å². The van der Waals surface area contributed by atoms with E-state index in [9.17, 15) is 9.59 Å². The maximum atomic E-state index is 12.8. The predicted molar refractivity (Wildman–Crippen MR) is 92.1 cm³/mol. The first-order chi connectivity index (χ1) is 12.3. The van der Waals surface area contributed by atoms with Gasteiger partial charge in [0.1, 0.15) is 5.60 Å². The molecule has 2 fully saturated rings. The van der Waals surface area contributed by atoms with Crippen molar-refractivity contribution in [2.24, 2.45) is 5.92 Å². The van der Waals surface area contributed by atoms with Crippen LogP contribution in [0.5, 0.6) is 6.01 Å². The molecule has 0 aromatic carbocycles. The maximum absolute atomic E-state index is 12.8. The number of ketones is 1. The summed E-state index contributed by atoms with van der Waals surface area (Å²) in [5.74, 6) is -0.196. The Morgan fingerprint density at radius 2 is 1.73 bits per heavy atom. The van der Waals surface area contributed by atoms with E-state index >= 15 is 0 Å². The van der Waals surface area contributed by atoms with E-state index in [0.29, 0.717) is 31.6 Å². The summed E-state index contributed by atoms with van der Waals surface area (Å²) in [7, 11) is 1.48. The van der Waals surface area contributed by atoms with Gasteiger partial charge in [-0.15, -0.1) is 0 Å². The van der Waals surface area contributed by atoms with Gasteiger partial charge in [0.2, 0.25) is 0 Å². The molecule has 0 aliphatic carbocycles. The molecule has 1 aromatic heterocycles. The normalized spacial score (nSPS) is 25.5. The highest BCUT2D eigenvalue weighted by molar-refractivity contribution is 5.97. The number of piperidine rings is 1. The third-order valence-corrected chi connectivity index (χ3v) is 4.59. The van der Waals surface area contributed by atoms with Crippen LogP contribution in [0.3, 0.4) is 0 Å². The Labute approximate surface area is 152 Å². The van der Waals surface area contributed by atoms with E-state index in [-0.39, 0.29) is 35.9 Å². The molecule has 2 atom stereocenters. The summed E-state index contributed by atoms with van der Waals surface area (Å²) in [6.07, 6.45) is 3.72. The molecule has 1 amide bonds. The molecule has 0 N–H and O–H groups in total. The van der Waals surface area contributed by atoms with Gasteiger partial charge in [-0.1, -0.05) is 0 Å². The van der Waals surface area contributed by atoms with Crippen LogP contribution in [0.15, 0.2) is 12.4 Å². The van der Waals surface area contributed by atoms with Gasteiger partial charge >= 0.3 is 12.1 Å². The molecular weight excluding hydrogens is 338 g/mol. The molecule has 2 saturated heterocycles. The number of methoxy groups -OCH3 is 1. The third-order valence-electron chi connectivity index (χ3n) is 4.59. The van der Waals surface area contributed by atoms with E-state index < -0.39 is 5.60 Å². The molecule has 2 bridgehead atoms. The number of aromatic nitrogens is 2. The first-order valence-electron chi connectivity index (χ1n) is 8.78. The van der Waals surface area contributed by atoms with Gasteiger partial charge in [-0.3, -0.25) is 9.69 Å². The van der Waals surface area contributed by atoms with Crippen molar-refractivity contribution in [2.75, 3.05) is 20.3 Å². The van der Waals surface area contributed by atoms with Gasteiger partial charge in [0.15, 0.2) is 5.78 Å². The predicted octanol–water partition coefficient (Wildman–Crippen LogP) is 2.08. The second-order valence-corrected chi connectivity index (χ2v) is 7.72. The molecule has 8 heteroatoms. The van der Waals surface area contributed by atoms with E-state index in [2.05, 4.69) is 9.97 Å². The molecule has 142 valence electrons. The standard InChI is InChI=1S/C18H25N3O5/c1-18(2,3)26-17(23)21-13-5-11(6-14(21)10-25-9-13)15(22)12-7-19-16(24-4)20-8-12/h7-8,11,13-14H,5-6,9-10H2,1-4H3. The Hall–Kier alpha value is -2.22. The van der Waals surface area contributed by atoms with E-state index in [1.54, 1.807) is 4.90 Å². The summed E-state index contributed by atoms with van der Waals surface area (Å²) in [6.45, 7) is 6.36. The smallest absolute Gasteiger partial charge is 0.410 e. The van der Waals surface area contributed by atoms with Gasteiger partial charge in [-0.05, 0) is 33.6 Å². The zero-order chi connectivity index (χ0) is 18.9. The first kappa shape index (κ1) is 18.6. The van der Waals surface area contributed by atoms with Gasteiger partial charge < -0.3 is 14.2 Å². The van der Waals surface area contributed by atoms with Crippen molar-refractivity contribution in [3.63, 3.8) is 0 Å². The number of amides is 1. The topological polar surface area (TPSA) is 90.9 Å². The Morgan fingerprint density at radius 3 is 2.23 bits per heavy atom. The van der Waals surface area contributed by atoms with Gasteiger partial charge in [0.05, 0.1) is 38.0 Å². The van der Waals surface area contributed by atoms with Crippen molar-refractivity contribution in [3.05, 3.63) is 18.0 Å². The van der Waals surface area contributed by atoms with Crippen molar-refractivity contribution >= 4 is 11.9 Å². The van der Waals surface area contributed by atoms with E-state index in [4.69, 9.17) is 14.2 Å². The summed E-state index contributed by atoms with van der Waals surface area (Å²) < 4.78 is 16.1. The number of nitrogens with zero attached hydrogens (tertiary/aromatic N) is 3. The lowest BCUT2D eigenvalue weighted by Crippen LogP contribution is -2.60. The summed E-state index contributed by atoms with van der Waals surface area (Å²) in [6, 6.07) is -0.0949. The van der Waals surface area contributed by atoms with Crippen molar-refractivity contribution < 1.29 is 23.8 Å². The average molecular weight is 363 g/mol. The van der Waals surface area contributed by atoms with E-state index in [0.717, 1.165) is 0 Å². The zero-order valence-electron chi connectivity index (χ0n) is 15.6. The molecule has 8 nitrogen and oxygen atoms in total. The van der Waals surface area contributed by atoms with Crippen LogP contribution in [-0.4, -0.2) is 64.8 Å². The minimum atomic E-state index is -0.556. The molecule has 3 heterocycles. The van der Waals surface area contributed by atoms with Crippen LogP contribution in [0.4, 0.5) is 4.79 Å². The lowest BCUT2D eigenvalue weighted by Gasteiger charge is -2.47. The number of ether oxygens (including phenoxy) is 3. The Bertz CT molecular complexity index is 656. The van der Waals surface area contributed by atoms with E-state index in [1.807, 2.05) is 20.8 Å². The third kappa shape index (κ3) is 3.95. The Balaban J connectivity index is 1.72. The molecule has 1 aromatic rings. The van der Waals surface area contributed by atoms with Crippen LogP contribution in [0, 0.1) is 5.92 Å². The zero-order valence-corrected chi connectivity index (χ0v) is 15.6. The summed E-state index contributed by atoms with van der Waals surface area (Å²) in [5, 5.41) is 0. The SMILES string of the molecule is COc1ncc(C(=O)C2CC3COCC(C2)N3C(=O)OC(C)(C)C)cn1. The largest absolute Gasteiger partial charge is 0.467 e. The van der Waals surface area contributed by atoms with Crippen molar-refractivity contribution in [2.45, 2.75) is 51.3 Å². The average Bonchev–Trinajstić information content (AvgIpc) is 2.58. The molecular formula is C18H25N3O5. The Kier molecular flexibility index (Phi) is 5.13. The Morgan fingerprint density at radius 1 is 1.15 bits per heavy atom. The number of fused-ring (bicyclic) bond motifs is 2. The van der Waals surface area contributed by atoms with Gasteiger partial charge in [0, 0.05) is 18.3 Å². The highest BCUT2D eigenvalue weighted by Gasteiger charge is 2.45. The minimum absolute atomic E-state index is 0.00612. The molecule has 0 spiro atoms. The van der Waals surface area contributed by atoms with Crippen LogP contribution >= 0.6 is 0 Å². The fraction of sp³-hybridized carbons (Fsp3) is 0.667. The summed E-state index contributed by atoms with van der Waals surface area (Å²) in [5.41, 5.74) is -0.0974. The summed E-state index contributed by atoms with van der Waals surface area (Å²) in [4.78, 5) is 35.2. The van der Waals surface area contributed by atoms with Crippen LogP contribution in [-0.2, 0) is 9.47 Å². The number of morpholine rings is 1. The number of carbonyl (C=O) groups excluding carboxylic acids is 2. The molecule has 0 saturated carbocycles. The molecule has 2 unspecified atom stereocenters. The number of hydrogen-bond donors (Lipinski definition) is 0. The lowest BCUT2D eigenvalue weighted by atomic mass is 9.81. The molecule has 2 aliphatic heterocycles. The first-order valence-corrected chi connectivity index (χ1v) is 8.78. The van der Waals surface area contributed by atoms with Gasteiger partial charge in [-0.2, -0.15) is 0 Å². The maximum Gasteiger partial charge on any atom is 0.410 e. The monoisotopic (exact) mass is 363 g/mol. The number of carbonyl (C=O) groups is 2. The lowest BCUT2D eigenvalue weighted by molar-refractivity contribution is -0.0861. The minimum Gasteiger partial charge on any atom is -0.467 e. The molecule has 3 rings (SSSR count).